The van der Waals surface area contributed by atoms with Crippen LogP contribution in [0.3, 0.4) is 0 Å². The van der Waals surface area contributed by atoms with Gasteiger partial charge in [-0.2, -0.15) is 0 Å². The van der Waals surface area contributed by atoms with Crippen molar-refractivity contribution in [2.45, 2.75) is 31.7 Å². The number of anilines is 1. The smallest absolute Gasteiger partial charge is 0.141 e. The summed E-state index contributed by atoms with van der Waals surface area (Å²) in [5.41, 5.74) is 3.90. The summed E-state index contributed by atoms with van der Waals surface area (Å²) in [6.45, 7) is 2.14. The number of methoxy groups -OCH3 is 1. The van der Waals surface area contributed by atoms with Crippen LogP contribution in [0.25, 0.3) is 0 Å². The number of hydrogen-bond donors (Lipinski definition) is 1. The van der Waals surface area contributed by atoms with Gasteiger partial charge in [0.15, 0.2) is 0 Å². The normalized spacial score (nSPS) is 21.1. The highest BCUT2D eigenvalue weighted by molar-refractivity contribution is 5.57. The van der Waals surface area contributed by atoms with Crippen molar-refractivity contribution in [3.05, 3.63) is 59.7 Å². The minimum Gasteiger partial charge on any atom is -0.495 e. The summed E-state index contributed by atoms with van der Waals surface area (Å²) < 4.78 is 5.38. The molecule has 2 nitrogen and oxygen atoms in total. The van der Waals surface area contributed by atoms with Gasteiger partial charge in [0.25, 0.3) is 0 Å². The van der Waals surface area contributed by atoms with Crippen LogP contribution in [-0.2, 0) is 0 Å². The minimum atomic E-state index is 0.553. The van der Waals surface area contributed by atoms with Crippen LogP contribution in [0.15, 0.2) is 48.5 Å². The fourth-order valence-electron chi connectivity index (χ4n) is 2.83. The van der Waals surface area contributed by atoms with Gasteiger partial charge in [-0.25, -0.2) is 0 Å². The van der Waals surface area contributed by atoms with Crippen LogP contribution in [0.1, 0.15) is 29.9 Å². The third kappa shape index (κ3) is 2.64. The molecule has 2 heteroatoms. The largest absolute Gasteiger partial charge is 0.495 e. The van der Waals surface area contributed by atoms with Crippen LogP contribution in [0.4, 0.5) is 5.69 Å². The van der Waals surface area contributed by atoms with Crippen LogP contribution in [-0.4, -0.2) is 13.2 Å². The Balaban J connectivity index is 1.59. The van der Waals surface area contributed by atoms with E-state index in [1.807, 2.05) is 18.2 Å². The van der Waals surface area contributed by atoms with E-state index >= 15 is 0 Å². The predicted molar refractivity (Wildman–Crippen MR) is 83.6 cm³/mol. The topological polar surface area (TPSA) is 21.3 Å². The molecule has 1 fully saturated rings. The van der Waals surface area contributed by atoms with Gasteiger partial charge in [-0.3, -0.25) is 0 Å². The van der Waals surface area contributed by atoms with Gasteiger partial charge in [0.05, 0.1) is 12.8 Å². The van der Waals surface area contributed by atoms with E-state index in [0.29, 0.717) is 12.0 Å². The first-order valence-corrected chi connectivity index (χ1v) is 7.22. The molecule has 1 aliphatic rings. The molecule has 1 aliphatic carbocycles. The van der Waals surface area contributed by atoms with Crippen LogP contribution in [0, 0.1) is 6.92 Å². The average Bonchev–Trinajstić information content (AvgIpc) is 2.44. The van der Waals surface area contributed by atoms with Crippen molar-refractivity contribution >= 4 is 5.69 Å². The second-order valence-electron chi connectivity index (χ2n) is 5.62. The maximum atomic E-state index is 5.38. The van der Waals surface area contributed by atoms with E-state index in [1.54, 1.807) is 7.11 Å². The van der Waals surface area contributed by atoms with Crippen LogP contribution in [0.2, 0.25) is 0 Å². The number of benzene rings is 2. The van der Waals surface area contributed by atoms with E-state index in [1.165, 1.54) is 24.0 Å². The Labute approximate surface area is 120 Å². The van der Waals surface area contributed by atoms with E-state index in [-0.39, 0.29) is 0 Å². The highest BCUT2D eigenvalue weighted by Gasteiger charge is 2.30. The number of ether oxygens (including phenoxy) is 1. The van der Waals surface area contributed by atoms with E-state index in [0.717, 1.165) is 11.4 Å². The van der Waals surface area contributed by atoms with Gasteiger partial charge in [0.2, 0.25) is 0 Å². The summed E-state index contributed by atoms with van der Waals surface area (Å²) in [4.78, 5) is 0. The molecule has 0 spiro atoms. The third-order valence-corrected chi connectivity index (χ3v) is 4.15. The predicted octanol–water partition coefficient (Wildman–Crippen LogP) is 4.36. The van der Waals surface area contributed by atoms with Gasteiger partial charge < -0.3 is 10.1 Å². The first-order valence-electron chi connectivity index (χ1n) is 7.22. The summed E-state index contributed by atoms with van der Waals surface area (Å²) >= 11 is 0. The number of rotatable bonds is 4. The molecule has 104 valence electrons. The number of aryl methyl sites for hydroxylation is 1. The van der Waals surface area contributed by atoms with E-state index in [2.05, 4.69) is 42.6 Å². The number of hydrogen-bond acceptors (Lipinski definition) is 2. The zero-order valence-corrected chi connectivity index (χ0v) is 12.1. The van der Waals surface area contributed by atoms with Crippen LogP contribution >= 0.6 is 0 Å². The van der Waals surface area contributed by atoms with Gasteiger partial charge in [0.1, 0.15) is 5.75 Å². The lowest BCUT2D eigenvalue weighted by molar-refractivity contribution is 0.370. The van der Waals surface area contributed by atoms with Crippen molar-refractivity contribution in [3.8, 4) is 5.75 Å². The molecule has 0 unspecified atom stereocenters. The summed E-state index contributed by atoms with van der Waals surface area (Å²) in [6, 6.07) is 17.6. The van der Waals surface area contributed by atoms with Gasteiger partial charge in [-0.15, -0.1) is 0 Å². The fourth-order valence-corrected chi connectivity index (χ4v) is 2.83. The molecular weight excluding hydrogens is 246 g/mol. The van der Waals surface area contributed by atoms with Crippen LogP contribution in [0.5, 0.6) is 5.75 Å². The molecule has 0 saturated heterocycles. The van der Waals surface area contributed by atoms with Crippen molar-refractivity contribution in [1.29, 1.82) is 0 Å². The SMILES string of the molecule is COc1ccccc1NC1CC(c2ccc(C)cc2)C1. The molecule has 1 saturated carbocycles. The highest BCUT2D eigenvalue weighted by Crippen LogP contribution is 2.39. The Bertz CT molecular complexity index is 570. The van der Waals surface area contributed by atoms with Gasteiger partial charge in [-0.1, -0.05) is 42.0 Å². The molecule has 1 N–H and O–H groups in total. The molecule has 0 bridgehead atoms. The van der Waals surface area contributed by atoms with Crippen molar-refractivity contribution in [2.75, 3.05) is 12.4 Å². The van der Waals surface area contributed by atoms with Gasteiger partial charge in [-0.05, 0) is 43.4 Å². The first kappa shape index (κ1) is 13.0. The van der Waals surface area contributed by atoms with Gasteiger partial charge >= 0.3 is 0 Å². The Hall–Kier alpha value is -1.96. The molecule has 20 heavy (non-hydrogen) atoms. The second-order valence-corrected chi connectivity index (χ2v) is 5.62. The zero-order valence-electron chi connectivity index (χ0n) is 12.1. The fraction of sp³-hybridized carbons (Fsp3) is 0.333. The second kappa shape index (κ2) is 5.58. The molecule has 0 amide bonds. The molecular formula is C18H21NO. The summed E-state index contributed by atoms with van der Waals surface area (Å²) in [7, 11) is 1.72. The molecule has 2 aromatic carbocycles. The zero-order chi connectivity index (χ0) is 13.9. The number of para-hydroxylation sites is 2. The van der Waals surface area contributed by atoms with Crippen molar-refractivity contribution in [3.63, 3.8) is 0 Å². The summed E-state index contributed by atoms with van der Waals surface area (Å²) in [5.74, 6) is 1.62. The Morgan fingerprint density at radius 2 is 1.70 bits per heavy atom. The van der Waals surface area contributed by atoms with Crippen molar-refractivity contribution < 1.29 is 4.74 Å². The maximum absolute atomic E-state index is 5.38. The Morgan fingerprint density at radius 1 is 1.00 bits per heavy atom. The molecule has 2 aromatic rings. The molecule has 0 aromatic heterocycles. The Kier molecular flexibility index (Phi) is 3.64. The lowest BCUT2D eigenvalue weighted by Gasteiger charge is -2.37. The average molecular weight is 267 g/mol. The molecule has 3 rings (SSSR count). The van der Waals surface area contributed by atoms with Crippen LogP contribution < -0.4 is 10.1 Å². The standard InChI is InChI=1S/C18H21NO/c1-13-7-9-14(10-8-13)15-11-16(12-15)19-17-5-3-4-6-18(17)20-2/h3-10,15-16,19H,11-12H2,1-2H3. The third-order valence-electron chi connectivity index (χ3n) is 4.15. The monoisotopic (exact) mass is 267 g/mol. The lowest BCUT2D eigenvalue weighted by atomic mass is 9.75. The maximum Gasteiger partial charge on any atom is 0.141 e. The molecule has 0 aliphatic heterocycles. The first-order chi connectivity index (χ1) is 9.76. The van der Waals surface area contributed by atoms with Gasteiger partial charge in [0, 0.05) is 6.04 Å². The number of nitrogens with one attached hydrogen (secondary N) is 1. The molecule has 0 radical (unpaired) electrons. The Morgan fingerprint density at radius 3 is 2.40 bits per heavy atom. The lowest BCUT2D eigenvalue weighted by Crippen LogP contribution is -2.34. The van der Waals surface area contributed by atoms with E-state index in [9.17, 15) is 0 Å². The molecule has 0 heterocycles. The van der Waals surface area contributed by atoms with Crippen molar-refractivity contribution in [1.82, 2.24) is 0 Å². The van der Waals surface area contributed by atoms with E-state index < -0.39 is 0 Å². The summed E-state index contributed by atoms with van der Waals surface area (Å²) in [5, 5.41) is 3.58. The molecule has 0 atom stereocenters. The summed E-state index contributed by atoms with van der Waals surface area (Å²) in [6.07, 6.45) is 2.39. The quantitative estimate of drug-likeness (QED) is 0.888. The van der Waals surface area contributed by atoms with Crippen molar-refractivity contribution in [2.24, 2.45) is 0 Å². The highest BCUT2D eigenvalue weighted by atomic mass is 16.5. The minimum absolute atomic E-state index is 0.553. The van der Waals surface area contributed by atoms with E-state index in [4.69, 9.17) is 4.74 Å².